The molecule has 2 aromatic heterocycles. The molecule has 0 saturated heterocycles. The van der Waals surface area contributed by atoms with Gasteiger partial charge in [0.25, 0.3) is 11.5 Å². The van der Waals surface area contributed by atoms with Gasteiger partial charge in [-0.25, -0.2) is 4.39 Å². The van der Waals surface area contributed by atoms with E-state index in [9.17, 15) is 14.0 Å². The summed E-state index contributed by atoms with van der Waals surface area (Å²) in [6.45, 7) is 2.35. The fourth-order valence-corrected chi connectivity index (χ4v) is 4.87. The minimum absolute atomic E-state index is 0.0929. The highest BCUT2D eigenvalue weighted by Crippen LogP contribution is 2.25. The van der Waals surface area contributed by atoms with E-state index in [-0.39, 0.29) is 35.6 Å². The molecule has 1 N–H and O–H groups in total. The molecule has 4 aromatic rings. The lowest BCUT2D eigenvalue weighted by molar-refractivity contribution is 0.0912. The van der Waals surface area contributed by atoms with E-state index in [1.807, 2.05) is 36.4 Å². The van der Waals surface area contributed by atoms with Gasteiger partial charge in [0.15, 0.2) is 0 Å². The molecule has 0 aliphatic heterocycles. The highest BCUT2D eigenvalue weighted by molar-refractivity contribution is 5.93. The van der Waals surface area contributed by atoms with Gasteiger partial charge in [-0.2, -0.15) is 0 Å². The predicted octanol–water partition coefficient (Wildman–Crippen LogP) is 5.26. The zero-order valence-corrected chi connectivity index (χ0v) is 19.2. The average Bonchev–Trinajstić information content (AvgIpc) is 3.27. The van der Waals surface area contributed by atoms with Crippen LogP contribution >= 0.6 is 0 Å². The summed E-state index contributed by atoms with van der Waals surface area (Å²) in [5.74, 6) is 0.0228. The average molecular weight is 458 g/mol. The van der Waals surface area contributed by atoms with Crippen molar-refractivity contribution in [3.63, 3.8) is 0 Å². The third kappa shape index (κ3) is 4.40. The molecule has 174 valence electrons. The lowest BCUT2D eigenvalue weighted by atomic mass is 9.87. The van der Waals surface area contributed by atoms with Crippen molar-refractivity contribution in [2.75, 3.05) is 0 Å². The van der Waals surface area contributed by atoms with Crippen molar-refractivity contribution in [1.29, 1.82) is 0 Å². The number of fused-ring (bicyclic) bond motifs is 1. The van der Waals surface area contributed by atoms with E-state index in [4.69, 9.17) is 0 Å². The van der Waals surface area contributed by atoms with Gasteiger partial charge >= 0.3 is 0 Å². The van der Waals surface area contributed by atoms with Crippen LogP contribution in [0.2, 0.25) is 0 Å². The van der Waals surface area contributed by atoms with Crippen molar-refractivity contribution in [2.45, 2.75) is 45.2 Å². The smallest absolute Gasteiger partial charge is 0.275 e. The highest BCUT2D eigenvalue weighted by atomic mass is 19.1. The summed E-state index contributed by atoms with van der Waals surface area (Å²) in [5.41, 5.74) is 2.88. The van der Waals surface area contributed by atoms with Crippen LogP contribution < -0.4 is 10.9 Å². The van der Waals surface area contributed by atoms with E-state index < -0.39 is 0 Å². The molecule has 1 amide bonds. The molecule has 0 atom stereocenters. The number of aromatic nitrogens is 2. The fraction of sp³-hybridized carbons (Fsp3) is 0.286. The van der Waals surface area contributed by atoms with Crippen molar-refractivity contribution in [3.05, 3.63) is 100 Å². The van der Waals surface area contributed by atoms with Gasteiger partial charge in [-0.15, -0.1) is 0 Å². The van der Waals surface area contributed by atoms with Gasteiger partial charge in [0.05, 0.1) is 12.2 Å². The summed E-state index contributed by atoms with van der Waals surface area (Å²) >= 11 is 0. The topological polar surface area (TPSA) is 55.5 Å². The molecule has 1 fully saturated rings. The van der Waals surface area contributed by atoms with Crippen LogP contribution in [0.4, 0.5) is 4.39 Å². The number of halogens is 1. The van der Waals surface area contributed by atoms with E-state index in [2.05, 4.69) is 12.2 Å². The first-order valence-electron chi connectivity index (χ1n) is 11.9. The molecule has 0 bridgehead atoms. The quantitative estimate of drug-likeness (QED) is 0.444. The molecule has 6 heteroatoms. The summed E-state index contributed by atoms with van der Waals surface area (Å²) < 4.78 is 17.1. The zero-order chi connectivity index (χ0) is 23.7. The lowest BCUT2D eigenvalue weighted by Crippen LogP contribution is -2.40. The maximum Gasteiger partial charge on any atom is 0.275 e. The first-order chi connectivity index (χ1) is 16.5. The van der Waals surface area contributed by atoms with Gasteiger partial charge in [-0.3, -0.25) is 14.2 Å². The van der Waals surface area contributed by atoms with E-state index in [1.165, 1.54) is 16.7 Å². The zero-order valence-electron chi connectivity index (χ0n) is 19.2. The van der Waals surface area contributed by atoms with Crippen molar-refractivity contribution in [2.24, 2.45) is 5.92 Å². The first kappa shape index (κ1) is 22.1. The van der Waals surface area contributed by atoms with Crippen LogP contribution in [-0.2, 0) is 6.54 Å². The van der Waals surface area contributed by atoms with Gasteiger partial charge in [0, 0.05) is 12.2 Å². The minimum atomic E-state index is -0.372. The van der Waals surface area contributed by atoms with Crippen LogP contribution in [0.5, 0.6) is 0 Å². The molecule has 1 aliphatic carbocycles. The number of hydrogen-bond acceptors (Lipinski definition) is 2. The number of carbonyl (C=O) groups excluding carboxylic acids is 1. The normalized spacial score (nSPS) is 18.2. The Bertz CT molecular complexity index is 1380. The third-order valence-corrected chi connectivity index (χ3v) is 6.81. The minimum Gasteiger partial charge on any atom is -0.348 e. The molecule has 2 heterocycles. The SMILES string of the molecule is CC1CCC(NC(=O)c2cn3c(-c4ccccc4)ccc3c(=O)n2Cc2cccc(F)c2)CC1. The molecule has 0 radical (unpaired) electrons. The summed E-state index contributed by atoms with van der Waals surface area (Å²) in [7, 11) is 0. The Labute approximate surface area is 197 Å². The molecule has 2 aromatic carbocycles. The Morgan fingerprint density at radius 2 is 1.76 bits per heavy atom. The van der Waals surface area contributed by atoms with E-state index in [1.54, 1.807) is 28.8 Å². The monoisotopic (exact) mass is 457 g/mol. The van der Waals surface area contributed by atoms with Gasteiger partial charge in [0.2, 0.25) is 0 Å². The predicted molar refractivity (Wildman–Crippen MR) is 131 cm³/mol. The number of amides is 1. The molecule has 5 rings (SSSR count). The largest absolute Gasteiger partial charge is 0.348 e. The molecule has 1 aliphatic rings. The maximum absolute atomic E-state index is 13.8. The summed E-state index contributed by atoms with van der Waals surface area (Å²) in [5, 5.41) is 3.15. The van der Waals surface area contributed by atoms with Crippen LogP contribution in [0.1, 0.15) is 48.7 Å². The first-order valence-corrected chi connectivity index (χ1v) is 11.9. The Balaban J connectivity index is 1.60. The fourth-order valence-electron chi connectivity index (χ4n) is 4.87. The molecule has 1 saturated carbocycles. The number of nitrogens with one attached hydrogen (secondary N) is 1. The second-order valence-corrected chi connectivity index (χ2v) is 9.31. The third-order valence-electron chi connectivity index (χ3n) is 6.81. The van der Waals surface area contributed by atoms with Crippen molar-refractivity contribution in [3.8, 4) is 11.3 Å². The van der Waals surface area contributed by atoms with Crippen molar-refractivity contribution in [1.82, 2.24) is 14.3 Å². The van der Waals surface area contributed by atoms with Crippen LogP contribution in [0, 0.1) is 11.7 Å². The lowest BCUT2D eigenvalue weighted by Gasteiger charge is -2.27. The standard InChI is InChI=1S/C28H28FN3O2/c1-19-10-12-23(13-11-19)30-27(33)26-18-31-24(21-7-3-2-4-8-21)14-15-25(31)28(34)32(26)17-20-6-5-9-22(29)16-20/h2-9,14-16,18-19,23H,10-13,17H2,1H3,(H,30,33). The van der Waals surface area contributed by atoms with E-state index in [0.29, 0.717) is 17.0 Å². The van der Waals surface area contributed by atoms with Crippen LogP contribution in [0.3, 0.4) is 0 Å². The molecule has 0 spiro atoms. The van der Waals surface area contributed by atoms with E-state index in [0.717, 1.165) is 36.9 Å². The molecular formula is C28H28FN3O2. The van der Waals surface area contributed by atoms with Crippen molar-refractivity contribution < 1.29 is 9.18 Å². The Morgan fingerprint density at radius 3 is 2.50 bits per heavy atom. The number of carbonyl (C=O) groups is 1. The van der Waals surface area contributed by atoms with Crippen LogP contribution in [-0.4, -0.2) is 20.9 Å². The number of benzene rings is 2. The molecule has 5 nitrogen and oxygen atoms in total. The molecule has 34 heavy (non-hydrogen) atoms. The second kappa shape index (κ2) is 9.29. The summed E-state index contributed by atoms with van der Waals surface area (Å²) in [6.07, 6.45) is 5.76. The van der Waals surface area contributed by atoms with Crippen LogP contribution in [0.15, 0.2) is 77.7 Å². The number of rotatable bonds is 5. The number of nitrogens with zero attached hydrogens (tertiary/aromatic N) is 2. The van der Waals surface area contributed by atoms with E-state index >= 15 is 0 Å². The summed E-state index contributed by atoms with van der Waals surface area (Å²) in [6, 6.07) is 19.7. The summed E-state index contributed by atoms with van der Waals surface area (Å²) in [4.78, 5) is 27.1. The Hall–Kier alpha value is -3.67. The van der Waals surface area contributed by atoms with Crippen molar-refractivity contribution >= 4 is 11.4 Å². The molecule has 0 unspecified atom stereocenters. The Kier molecular flexibility index (Phi) is 6.05. The molecular weight excluding hydrogens is 429 g/mol. The second-order valence-electron chi connectivity index (χ2n) is 9.31. The van der Waals surface area contributed by atoms with Crippen LogP contribution in [0.25, 0.3) is 16.8 Å². The van der Waals surface area contributed by atoms with Gasteiger partial charge in [-0.1, -0.05) is 49.4 Å². The van der Waals surface area contributed by atoms with Gasteiger partial charge in [-0.05, 0) is 67.0 Å². The van der Waals surface area contributed by atoms with Gasteiger partial charge in [0.1, 0.15) is 17.0 Å². The maximum atomic E-state index is 13.8. The number of hydrogen-bond donors (Lipinski definition) is 1. The van der Waals surface area contributed by atoms with Gasteiger partial charge < -0.3 is 9.72 Å². The highest BCUT2D eigenvalue weighted by Gasteiger charge is 2.23. The Morgan fingerprint density at radius 1 is 1.00 bits per heavy atom.